The molecule has 0 heterocycles. The zero-order valence-electron chi connectivity index (χ0n) is 85.8. The van der Waals surface area contributed by atoms with Crippen molar-refractivity contribution in [2.75, 3.05) is 19.8 Å². The molecule has 2 amide bonds. The van der Waals surface area contributed by atoms with E-state index >= 15 is 0 Å². The van der Waals surface area contributed by atoms with Crippen LogP contribution in [0.25, 0.3) is 0 Å². The summed E-state index contributed by atoms with van der Waals surface area (Å²) in [6.45, 7) is 8.81. The lowest BCUT2D eigenvalue weighted by atomic mass is 9.99. The number of esters is 1. The molecule has 0 aromatic rings. The van der Waals surface area contributed by atoms with Crippen LogP contribution >= 0.6 is 0 Å². The molecule has 0 rings (SSSR count). The van der Waals surface area contributed by atoms with E-state index in [1.54, 1.807) is 6.08 Å². The lowest BCUT2D eigenvalue weighted by molar-refractivity contribution is -0.154. The number of hydrogen-bond acceptors (Lipinski definition) is 11. The quantitative estimate of drug-likeness (QED) is 0.0158. The summed E-state index contributed by atoms with van der Waals surface area (Å²) in [5, 5.41) is 76.9. The number of allylic oxidation sites excluding steroid dienone is 1. The molecule has 0 aliphatic carbocycles. The van der Waals surface area contributed by atoms with Crippen molar-refractivity contribution in [2.45, 2.75) is 680 Å². The van der Waals surface area contributed by atoms with Crippen molar-refractivity contribution in [1.29, 1.82) is 0 Å². The minimum absolute atomic E-state index is 0.0667. The molecule has 0 radical (unpaired) electrons. The van der Waals surface area contributed by atoms with Gasteiger partial charge in [0, 0.05) is 6.42 Å². The molecule has 13 nitrogen and oxygen atoms in total. The normalized spacial score (nSPS) is 13.4. The fraction of sp³-hybridized carbons (Fsp3) is 0.956. The van der Waals surface area contributed by atoms with Gasteiger partial charge < -0.3 is 51.1 Å². The zero-order valence-corrected chi connectivity index (χ0v) is 85.8. The van der Waals surface area contributed by atoms with E-state index in [2.05, 4.69) is 38.3 Å². The maximum absolute atomic E-state index is 12.5. The van der Waals surface area contributed by atoms with E-state index in [0.717, 1.165) is 89.9 Å². The molecule has 7 atom stereocenters. The molecule has 0 aromatic carbocycles. The molecule has 0 saturated carbocycles. The number of rotatable bonds is 107. The van der Waals surface area contributed by atoms with Crippen molar-refractivity contribution in [1.82, 2.24) is 10.6 Å². The minimum atomic E-state index is -1.25. The molecule has 758 valence electrons. The van der Waals surface area contributed by atoms with Crippen molar-refractivity contribution in [2.24, 2.45) is 0 Å². The highest BCUT2D eigenvalue weighted by Crippen LogP contribution is 2.24. The Kier molecular flexibility index (Phi) is 109. The first kappa shape index (κ1) is 127. The molecule has 0 aliphatic rings. The molecular formula is C114H226N2O11. The molecule has 9 N–H and O–H groups in total. The van der Waals surface area contributed by atoms with Crippen LogP contribution < -0.4 is 10.6 Å². The van der Waals surface area contributed by atoms with Gasteiger partial charge in [0.15, 0.2) is 6.10 Å². The van der Waals surface area contributed by atoms with Crippen molar-refractivity contribution < 1.29 is 54.9 Å². The summed E-state index contributed by atoms with van der Waals surface area (Å²) in [6.07, 6.45) is 119. The maximum atomic E-state index is 12.5. The van der Waals surface area contributed by atoms with Crippen molar-refractivity contribution >= 4 is 17.8 Å². The molecule has 7 unspecified atom stereocenters. The number of unbranched alkanes of at least 4 members (excludes halogenated alkanes) is 86. The second-order valence-electron chi connectivity index (χ2n) is 40.1. The Hall–Kier alpha value is -2.13. The van der Waals surface area contributed by atoms with Gasteiger partial charge >= 0.3 is 5.97 Å². The number of nitrogens with one attached hydrogen (secondary N) is 2. The lowest BCUT2D eigenvalue weighted by Gasteiger charge is -2.27. The Labute approximate surface area is 791 Å². The van der Waals surface area contributed by atoms with Crippen molar-refractivity contribution in [3.8, 4) is 0 Å². The van der Waals surface area contributed by atoms with E-state index in [0.29, 0.717) is 32.3 Å². The van der Waals surface area contributed by atoms with Crippen LogP contribution in [0, 0.1) is 0 Å². The van der Waals surface area contributed by atoms with Crippen LogP contribution in [0.2, 0.25) is 0 Å². The molecule has 0 aromatic heterocycles. The van der Waals surface area contributed by atoms with Crippen LogP contribution in [0.5, 0.6) is 0 Å². The summed E-state index contributed by atoms with van der Waals surface area (Å²) < 4.78 is 5.38. The van der Waals surface area contributed by atoms with Gasteiger partial charge in [0.05, 0.1) is 44.1 Å². The summed E-state index contributed by atoms with van der Waals surface area (Å²) in [5.41, 5.74) is 0. The molecule has 0 bridgehead atoms. The van der Waals surface area contributed by atoms with Gasteiger partial charge in [-0.05, 0) is 44.9 Å². The highest BCUT2D eigenvalue weighted by atomic mass is 16.5. The first-order valence-corrected chi connectivity index (χ1v) is 57.5. The van der Waals surface area contributed by atoms with Gasteiger partial charge in [-0.15, -0.1) is 0 Å². The van der Waals surface area contributed by atoms with Crippen LogP contribution in [0.1, 0.15) is 638 Å². The van der Waals surface area contributed by atoms with E-state index in [9.17, 15) is 50.1 Å². The van der Waals surface area contributed by atoms with Gasteiger partial charge in [0.2, 0.25) is 11.8 Å². The fourth-order valence-electron chi connectivity index (χ4n) is 18.5. The molecule has 0 saturated heterocycles. The first-order chi connectivity index (χ1) is 62.4. The van der Waals surface area contributed by atoms with Gasteiger partial charge in [0.25, 0.3) is 0 Å². The number of hydrogen-bond donors (Lipinski definition) is 9. The standard InChI is InChI=1S/C72H141NO6.C42H85NO5/c1-3-5-7-9-11-13-15-17-18-19-20-30-33-36-40-44-48-52-56-60-64-70(76)72(78)79-66-62-58-54-50-46-42-38-35-32-29-27-25-23-21-22-24-26-28-31-34-37-41-45-49-53-57-61-65-71(77)73-68(67-74)69(75)63-59-55-51-47-43-39-16-14-12-10-8-6-4-2;1-3-5-7-9-11-13-15-17-18-19-20-21-22-23-24-26-28-30-32-34-36-40(46)42(48)43-38(37-44)41(47)39(45)35-33-31-29-27-25-16-14-12-10-8-6-4-2/h59,63,68-70,74-76H,3-58,60-62,64-67H2,1-2H3,(H,73,77);38-41,44-47H,3-37H2,1-2H3,(H,43,48)/b63-59+;. The third kappa shape index (κ3) is 99.7. The second-order valence-corrected chi connectivity index (χ2v) is 40.1. The Bertz CT molecular complexity index is 2130. The van der Waals surface area contributed by atoms with Crippen LogP contribution in [0.15, 0.2) is 12.2 Å². The highest BCUT2D eigenvalue weighted by molar-refractivity contribution is 5.80. The molecule has 0 aliphatic heterocycles. The van der Waals surface area contributed by atoms with Crippen LogP contribution in [-0.2, 0) is 19.1 Å². The molecule has 0 spiro atoms. The molecule has 13 heteroatoms. The van der Waals surface area contributed by atoms with E-state index in [4.69, 9.17) is 4.74 Å². The molecule has 0 fully saturated rings. The predicted molar refractivity (Wildman–Crippen MR) is 549 cm³/mol. The van der Waals surface area contributed by atoms with Gasteiger partial charge in [-0.1, -0.05) is 598 Å². The van der Waals surface area contributed by atoms with Gasteiger partial charge in [-0.25, -0.2) is 4.79 Å². The van der Waals surface area contributed by atoms with Crippen LogP contribution in [-0.4, -0.2) is 116 Å². The number of aliphatic hydroxyl groups excluding tert-OH is 7. The fourth-order valence-corrected chi connectivity index (χ4v) is 18.5. The number of carbonyl (C=O) groups excluding carboxylic acids is 3. The van der Waals surface area contributed by atoms with E-state index in [1.807, 2.05) is 6.08 Å². The summed E-state index contributed by atoms with van der Waals surface area (Å²) in [7, 11) is 0. The van der Waals surface area contributed by atoms with E-state index < -0.39 is 61.1 Å². The summed E-state index contributed by atoms with van der Waals surface area (Å²) in [4.78, 5) is 37.2. The SMILES string of the molecule is CCCCCCCCCCCCC/C=C/C(O)C(CO)NC(=O)CCCCCCCCCCCCCCCCCCCCCCCCCCCCCOC(=O)C(O)CCCCCCCCCCCCCCCCCCCCCC.CCCCCCCCCCCCCCCCCCCCCCC(O)C(=O)NC(CO)C(O)C(O)CCCCCCCCCCCCCC. The van der Waals surface area contributed by atoms with Gasteiger partial charge in [-0.3, -0.25) is 9.59 Å². The molecule has 127 heavy (non-hydrogen) atoms. The van der Waals surface area contributed by atoms with Gasteiger partial charge in [-0.2, -0.15) is 0 Å². The summed E-state index contributed by atoms with van der Waals surface area (Å²) in [5.74, 6) is -1.06. The van der Waals surface area contributed by atoms with Crippen molar-refractivity contribution in [3.05, 3.63) is 12.2 Å². The monoisotopic (exact) mass is 1800 g/mol. The topological polar surface area (TPSA) is 226 Å². The summed E-state index contributed by atoms with van der Waals surface area (Å²) >= 11 is 0. The Morgan fingerprint density at radius 1 is 0.252 bits per heavy atom. The van der Waals surface area contributed by atoms with E-state index in [1.165, 1.54) is 494 Å². The second kappa shape index (κ2) is 109. The smallest absolute Gasteiger partial charge is 0.334 e. The number of aliphatic hydroxyl groups is 7. The average Bonchev–Trinajstić information content (AvgIpc) is 0.898. The number of carbonyl (C=O) groups is 3. The van der Waals surface area contributed by atoms with E-state index in [-0.39, 0.29) is 12.5 Å². The molecular weight excluding hydrogens is 1570 g/mol. The number of ether oxygens (including phenoxy) is 1. The first-order valence-electron chi connectivity index (χ1n) is 57.5. The predicted octanol–water partition coefficient (Wildman–Crippen LogP) is 33.0. The van der Waals surface area contributed by atoms with Crippen LogP contribution in [0.3, 0.4) is 0 Å². The lowest BCUT2D eigenvalue weighted by Crippen LogP contribution is -2.53. The third-order valence-corrected chi connectivity index (χ3v) is 27.5. The Morgan fingerprint density at radius 2 is 0.472 bits per heavy atom. The zero-order chi connectivity index (χ0) is 92.6. The maximum Gasteiger partial charge on any atom is 0.334 e. The Morgan fingerprint density at radius 3 is 0.732 bits per heavy atom. The van der Waals surface area contributed by atoms with Gasteiger partial charge in [0.1, 0.15) is 12.2 Å². The van der Waals surface area contributed by atoms with Crippen LogP contribution in [0.4, 0.5) is 0 Å². The highest BCUT2D eigenvalue weighted by Gasteiger charge is 2.29. The Balaban J connectivity index is 0. The average molecular weight is 1800 g/mol. The number of amides is 2. The third-order valence-electron chi connectivity index (χ3n) is 27.5. The van der Waals surface area contributed by atoms with Crippen molar-refractivity contribution in [3.63, 3.8) is 0 Å². The largest absolute Gasteiger partial charge is 0.464 e. The summed E-state index contributed by atoms with van der Waals surface area (Å²) in [6, 6.07) is -1.61. The minimum Gasteiger partial charge on any atom is -0.464 e.